The van der Waals surface area contributed by atoms with E-state index in [0.29, 0.717) is 5.65 Å². The van der Waals surface area contributed by atoms with E-state index in [9.17, 15) is 0 Å². The number of fused-ring (bicyclic) bond motifs is 1. The SMILES string of the molecule is Cc1ccc(Sc2nc(N)nc3[nH]ncc23)cc1C. The third-order valence-corrected chi connectivity index (χ3v) is 3.98. The molecule has 0 bridgehead atoms. The summed E-state index contributed by atoms with van der Waals surface area (Å²) in [5.41, 5.74) is 8.91. The minimum atomic E-state index is 0.253. The summed E-state index contributed by atoms with van der Waals surface area (Å²) in [5, 5.41) is 8.50. The number of benzene rings is 1. The number of aromatic amines is 1. The highest BCUT2D eigenvalue weighted by Crippen LogP contribution is 2.32. The quantitative estimate of drug-likeness (QED) is 0.700. The van der Waals surface area contributed by atoms with E-state index in [1.807, 2.05) is 0 Å². The molecule has 0 aliphatic heterocycles. The number of nitrogens with two attached hydrogens (primary N) is 1. The van der Waals surface area contributed by atoms with Gasteiger partial charge in [0.25, 0.3) is 0 Å². The first-order valence-electron chi connectivity index (χ1n) is 5.85. The Bertz CT molecular complexity index is 750. The fraction of sp³-hybridized carbons (Fsp3) is 0.154. The first-order valence-corrected chi connectivity index (χ1v) is 6.67. The summed E-state index contributed by atoms with van der Waals surface area (Å²) in [4.78, 5) is 9.52. The largest absolute Gasteiger partial charge is 0.368 e. The number of nitrogen functional groups attached to an aromatic ring is 1. The minimum Gasteiger partial charge on any atom is -0.368 e. The lowest BCUT2D eigenvalue weighted by Crippen LogP contribution is -1.96. The molecule has 0 saturated heterocycles. The highest BCUT2D eigenvalue weighted by atomic mass is 32.2. The third-order valence-electron chi connectivity index (χ3n) is 2.98. The molecule has 2 heterocycles. The Kier molecular flexibility index (Phi) is 2.87. The molecule has 5 nitrogen and oxygen atoms in total. The van der Waals surface area contributed by atoms with Crippen LogP contribution >= 0.6 is 11.8 Å². The molecule has 0 aliphatic carbocycles. The Morgan fingerprint density at radius 2 is 2.00 bits per heavy atom. The zero-order valence-corrected chi connectivity index (χ0v) is 11.5. The van der Waals surface area contributed by atoms with E-state index in [0.717, 1.165) is 15.3 Å². The van der Waals surface area contributed by atoms with Crippen LogP contribution in [0.15, 0.2) is 34.3 Å². The molecule has 3 N–H and O–H groups in total. The number of nitrogens with one attached hydrogen (secondary N) is 1. The van der Waals surface area contributed by atoms with Crippen molar-refractivity contribution < 1.29 is 0 Å². The molecule has 0 radical (unpaired) electrons. The van der Waals surface area contributed by atoms with Gasteiger partial charge in [0.15, 0.2) is 5.65 Å². The molecular weight excluding hydrogens is 258 g/mol. The van der Waals surface area contributed by atoms with Gasteiger partial charge in [0, 0.05) is 4.90 Å². The lowest BCUT2D eigenvalue weighted by atomic mass is 10.1. The van der Waals surface area contributed by atoms with Gasteiger partial charge in [-0.15, -0.1) is 0 Å². The standard InChI is InChI=1S/C13H13N5S/c1-7-3-4-9(5-8(7)2)19-12-10-6-15-18-11(10)16-13(14)17-12/h3-6H,1-2H3,(H3,14,15,16,17,18). The van der Waals surface area contributed by atoms with Crippen LogP contribution in [0.4, 0.5) is 5.95 Å². The van der Waals surface area contributed by atoms with Gasteiger partial charge >= 0.3 is 0 Å². The van der Waals surface area contributed by atoms with E-state index in [-0.39, 0.29) is 5.95 Å². The summed E-state index contributed by atoms with van der Waals surface area (Å²) in [6.07, 6.45) is 1.72. The lowest BCUT2D eigenvalue weighted by molar-refractivity contribution is 1.08. The smallest absolute Gasteiger partial charge is 0.223 e. The van der Waals surface area contributed by atoms with Crippen molar-refractivity contribution in [3.63, 3.8) is 0 Å². The predicted octanol–water partition coefficient (Wildman–Crippen LogP) is 2.70. The molecule has 0 unspecified atom stereocenters. The maximum Gasteiger partial charge on any atom is 0.223 e. The summed E-state index contributed by atoms with van der Waals surface area (Å²) in [5.74, 6) is 0.253. The van der Waals surface area contributed by atoms with Crippen molar-refractivity contribution in [1.29, 1.82) is 0 Å². The van der Waals surface area contributed by atoms with Crippen LogP contribution in [0.25, 0.3) is 11.0 Å². The van der Waals surface area contributed by atoms with E-state index >= 15 is 0 Å². The molecule has 1 aromatic carbocycles. The van der Waals surface area contributed by atoms with Crippen molar-refractivity contribution in [3.8, 4) is 0 Å². The zero-order valence-electron chi connectivity index (χ0n) is 10.6. The van der Waals surface area contributed by atoms with Gasteiger partial charge in [0.1, 0.15) is 5.03 Å². The fourth-order valence-electron chi connectivity index (χ4n) is 1.79. The molecule has 0 spiro atoms. The number of rotatable bonds is 2. The number of H-pyrrole nitrogens is 1. The highest BCUT2D eigenvalue weighted by Gasteiger charge is 2.10. The molecule has 0 fully saturated rings. The Morgan fingerprint density at radius 1 is 1.16 bits per heavy atom. The minimum absolute atomic E-state index is 0.253. The van der Waals surface area contributed by atoms with Crippen LogP contribution in [0.5, 0.6) is 0 Å². The topological polar surface area (TPSA) is 80.5 Å². The Balaban J connectivity index is 2.04. The maximum absolute atomic E-state index is 5.71. The van der Waals surface area contributed by atoms with Crippen molar-refractivity contribution in [1.82, 2.24) is 20.2 Å². The third kappa shape index (κ3) is 2.26. The second-order valence-corrected chi connectivity index (χ2v) is 5.43. The summed E-state index contributed by atoms with van der Waals surface area (Å²) < 4.78 is 0. The summed E-state index contributed by atoms with van der Waals surface area (Å²) in [6, 6.07) is 6.33. The molecule has 96 valence electrons. The van der Waals surface area contributed by atoms with Gasteiger partial charge in [-0.25, -0.2) is 4.98 Å². The molecule has 0 amide bonds. The number of nitrogens with zero attached hydrogens (tertiary/aromatic N) is 3. The van der Waals surface area contributed by atoms with E-state index in [1.54, 1.807) is 18.0 Å². The first-order chi connectivity index (χ1) is 9.13. The zero-order chi connectivity index (χ0) is 13.4. The number of aromatic nitrogens is 4. The van der Waals surface area contributed by atoms with Crippen LogP contribution < -0.4 is 5.73 Å². The molecule has 3 rings (SSSR count). The molecule has 0 aliphatic rings. The molecule has 6 heteroatoms. The normalized spacial score (nSPS) is 11.1. The molecule has 3 aromatic rings. The number of hydrogen-bond donors (Lipinski definition) is 2. The van der Waals surface area contributed by atoms with Gasteiger partial charge in [0.2, 0.25) is 5.95 Å². The van der Waals surface area contributed by atoms with Crippen molar-refractivity contribution in [2.75, 3.05) is 5.73 Å². The van der Waals surface area contributed by atoms with Crippen LogP contribution in [-0.2, 0) is 0 Å². The van der Waals surface area contributed by atoms with Gasteiger partial charge in [0.05, 0.1) is 11.6 Å². The van der Waals surface area contributed by atoms with E-state index in [2.05, 4.69) is 52.2 Å². The lowest BCUT2D eigenvalue weighted by Gasteiger charge is -2.05. The Labute approximate surface area is 114 Å². The second kappa shape index (κ2) is 4.55. The van der Waals surface area contributed by atoms with Crippen LogP contribution in [0, 0.1) is 13.8 Å². The van der Waals surface area contributed by atoms with Gasteiger partial charge in [-0.05, 0) is 37.1 Å². The molecule has 0 saturated carbocycles. The van der Waals surface area contributed by atoms with Gasteiger partial charge in [-0.3, -0.25) is 5.10 Å². The van der Waals surface area contributed by atoms with Crippen molar-refractivity contribution in [2.45, 2.75) is 23.8 Å². The van der Waals surface area contributed by atoms with Crippen molar-refractivity contribution in [3.05, 3.63) is 35.5 Å². The molecule has 2 aromatic heterocycles. The monoisotopic (exact) mass is 271 g/mol. The molecule has 0 atom stereocenters. The first kappa shape index (κ1) is 12.0. The number of aryl methyl sites for hydroxylation is 2. The summed E-state index contributed by atoms with van der Waals surface area (Å²) >= 11 is 1.57. The van der Waals surface area contributed by atoms with Crippen molar-refractivity contribution >= 4 is 28.7 Å². The van der Waals surface area contributed by atoms with E-state index < -0.39 is 0 Å². The Hall–Kier alpha value is -2.08. The van der Waals surface area contributed by atoms with Crippen LogP contribution in [-0.4, -0.2) is 20.2 Å². The number of hydrogen-bond acceptors (Lipinski definition) is 5. The van der Waals surface area contributed by atoms with E-state index in [4.69, 9.17) is 5.73 Å². The summed E-state index contributed by atoms with van der Waals surface area (Å²) in [6.45, 7) is 4.20. The van der Waals surface area contributed by atoms with Crippen LogP contribution in [0.3, 0.4) is 0 Å². The van der Waals surface area contributed by atoms with E-state index in [1.165, 1.54) is 11.1 Å². The highest BCUT2D eigenvalue weighted by molar-refractivity contribution is 7.99. The van der Waals surface area contributed by atoms with Crippen LogP contribution in [0.1, 0.15) is 11.1 Å². The fourth-order valence-corrected chi connectivity index (χ4v) is 2.79. The van der Waals surface area contributed by atoms with Gasteiger partial charge in [-0.1, -0.05) is 17.8 Å². The number of anilines is 1. The molecular formula is C13H13N5S. The van der Waals surface area contributed by atoms with Gasteiger partial charge < -0.3 is 5.73 Å². The predicted molar refractivity (Wildman–Crippen MR) is 76.1 cm³/mol. The average Bonchev–Trinajstić information content (AvgIpc) is 2.82. The Morgan fingerprint density at radius 3 is 2.79 bits per heavy atom. The van der Waals surface area contributed by atoms with Gasteiger partial charge in [-0.2, -0.15) is 10.1 Å². The molecule has 19 heavy (non-hydrogen) atoms. The maximum atomic E-state index is 5.71. The van der Waals surface area contributed by atoms with Crippen LogP contribution in [0.2, 0.25) is 0 Å². The average molecular weight is 271 g/mol. The summed E-state index contributed by atoms with van der Waals surface area (Å²) in [7, 11) is 0. The second-order valence-electron chi connectivity index (χ2n) is 4.37. The van der Waals surface area contributed by atoms with Crippen molar-refractivity contribution in [2.24, 2.45) is 0 Å².